The molecule has 1 heterocycles. The fourth-order valence-corrected chi connectivity index (χ4v) is 2.66. The Morgan fingerprint density at radius 2 is 2.31 bits per heavy atom. The van der Waals surface area contributed by atoms with Crippen LogP contribution in [0.25, 0.3) is 0 Å². The van der Waals surface area contributed by atoms with Crippen LogP contribution in [0.1, 0.15) is 39.0 Å². The van der Waals surface area contributed by atoms with E-state index in [-0.39, 0.29) is 6.10 Å². The smallest absolute Gasteiger partial charge is 0.0586 e. The molecule has 0 amide bonds. The van der Waals surface area contributed by atoms with Crippen molar-refractivity contribution in [3.05, 3.63) is 0 Å². The topological polar surface area (TPSA) is 32.3 Å². The molecule has 0 radical (unpaired) electrons. The van der Waals surface area contributed by atoms with E-state index in [1.807, 2.05) is 0 Å². The zero-order valence-electron chi connectivity index (χ0n) is 8.55. The molecule has 2 aliphatic rings. The molecule has 2 heteroatoms. The predicted octanol–water partition coefficient (Wildman–Crippen LogP) is 1.54. The number of hydrogen-bond acceptors (Lipinski definition) is 2. The first-order valence-electron chi connectivity index (χ1n) is 5.58. The van der Waals surface area contributed by atoms with E-state index in [9.17, 15) is 5.11 Å². The van der Waals surface area contributed by atoms with Crippen LogP contribution in [0.5, 0.6) is 0 Å². The highest BCUT2D eigenvalue weighted by atomic mass is 16.3. The highest BCUT2D eigenvalue weighted by Gasteiger charge is 2.36. The van der Waals surface area contributed by atoms with Crippen molar-refractivity contribution in [1.29, 1.82) is 0 Å². The van der Waals surface area contributed by atoms with Crippen LogP contribution in [0.3, 0.4) is 0 Å². The molecule has 2 N–H and O–H groups in total. The molecule has 0 aromatic carbocycles. The lowest BCUT2D eigenvalue weighted by Gasteiger charge is -2.40. The molecule has 2 rings (SSSR count). The summed E-state index contributed by atoms with van der Waals surface area (Å²) in [6, 6.07) is 0. The maximum absolute atomic E-state index is 10.0. The molecular formula is C11H21NO. The van der Waals surface area contributed by atoms with Gasteiger partial charge in [-0.05, 0) is 43.6 Å². The van der Waals surface area contributed by atoms with E-state index in [1.54, 1.807) is 0 Å². The van der Waals surface area contributed by atoms with Crippen molar-refractivity contribution in [1.82, 2.24) is 5.32 Å². The Labute approximate surface area is 80.7 Å². The summed E-state index contributed by atoms with van der Waals surface area (Å²) in [6.45, 7) is 4.44. The van der Waals surface area contributed by atoms with Crippen LogP contribution < -0.4 is 5.32 Å². The molecule has 0 aromatic heterocycles. The molecule has 76 valence electrons. The Hall–Kier alpha value is -0.0800. The zero-order valence-corrected chi connectivity index (χ0v) is 8.55. The minimum Gasteiger partial charge on any atom is -0.393 e. The third kappa shape index (κ3) is 2.05. The second-order valence-corrected chi connectivity index (χ2v) is 5.19. The fourth-order valence-electron chi connectivity index (χ4n) is 2.66. The first-order chi connectivity index (χ1) is 6.20. The van der Waals surface area contributed by atoms with Crippen LogP contribution in [0.2, 0.25) is 0 Å². The van der Waals surface area contributed by atoms with E-state index < -0.39 is 0 Å². The Morgan fingerprint density at radius 3 is 2.77 bits per heavy atom. The molecule has 1 aliphatic carbocycles. The van der Waals surface area contributed by atoms with Gasteiger partial charge in [-0.2, -0.15) is 0 Å². The number of rotatable bonds is 3. The van der Waals surface area contributed by atoms with Crippen LogP contribution in [-0.4, -0.2) is 24.3 Å². The summed E-state index contributed by atoms with van der Waals surface area (Å²) in [7, 11) is 0. The quantitative estimate of drug-likeness (QED) is 0.695. The third-order valence-electron chi connectivity index (χ3n) is 3.91. The highest BCUT2D eigenvalue weighted by Crippen LogP contribution is 2.45. The summed E-state index contributed by atoms with van der Waals surface area (Å²) in [4.78, 5) is 0. The fraction of sp³-hybridized carbons (Fsp3) is 1.00. The van der Waals surface area contributed by atoms with Gasteiger partial charge in [0.2, 0.25) is 0 Å². The summed E-state index contributed by atoms with van der Waals surface area (Å²) in [5.74, 6) is 0.525. The van der Waals surface area contributed by atoms with Gasteiger partial charge in [0.05, 0.1) is 6.10 Å². The summed E-state index contributed by atoms with van der Waals surface area (Å²) in [6.07, 6.45) is 6.15. The number of nitrogens with one attached hydrogen (secondary N) is 1. The lowest BCUT2D eigenvalue weighted by Crippen LogP contribution is -2.34. The largest absolute Gasteiger partial charge is 0.393 e. The van der Waals surface area contributed by atoms with Crippen molar-refractivity contribution in [2.75, 3.05) is 13.1 Å². The Morgan fingerprint density at radius 1 is 1.54 bits per heavy atom. The van der Waals surface area contributed by atoms with E-state index in [4.69, 9.17) is 0 Å². The number of aliphatic hydroxyl groups is 1. The standard InChI is InChI=1S/C11H21NO/c1-11(4-2-5-11)7-10(13)9-3-6-12-8-9/h9-10,12-13H,2-8H2,1H3/t9-,10?/m0/s1. The van der Waals surface area contributed by atoms with Crippen molar-refractivity contribution >= 4 is 0 Å². The Kier molecular flexibility index (Phi) is 2.61. The summed E-state index contributed by atoms with van der Waals surface area (Å²) in [5, 5.41) is 13.3. The Bertz CT molecular complexity index is 171. The van der Waals surface area contributed by atoms with Crippen molar-refractivity contribution in [3.63, 3.8) is 0 Å². The number of aliphatic hydroxyl groups excluding tert-OH is 1. The van der Waals surface area contributed by atoms with E-state index in [1.165, 1.54) is 19.3 Å². The molecule has 13 heavy (non-hydrogen) atoms. The third-order valence-corrected chi connectivity index (χ3v) is 3.91. The van der Waals surface area contributed by atoms with Crippen LogP contribution >= 0.6 is 0 Å². The second-order valence-electron chi connectivity index (χ2n) is 5.19. The van der Waals surface area contributed by atoms with E-state index in [2.05, 4.69) is 12.2 Å². The Balaban J connectivity index is 1.79. The molecule has 1 saturated heterocycles. The normalized spacial score (nSPS) is 34.2. The van der Waals surface area contributed by atoms with E-state index in [0.717, 1.165) is 25.9 Å². The van der Waals surface area contributed by atoms with E-state index >= 15 is 0 Å². The minimum absolute atomic E-state index is 0.0553. The molecule has 2 atom stereocenters. The maximum Gasteiger partial charge on any atom is 0.0586 e. The zero-order chi connectivity index (χ0) is 9.31. The van der Waals surface area contributed by atoms with Gasteiger partial charge < -0.3 is 10.4 Å². The van der Waals surface area contributed by atoms with Gasteiger partial charge in [0.15, 0.2) is 0 Å². The van der Waals surface area contributed by atoms with Crippen LogP contribution in [0.4, 0.5) is 0 Å². The molecule has 1 saturated carbocycles. The molecule has 2 nitrogen and oxygen atoms in total. The predicted molar refractivity (Wildman–Crippen MR) is 53.6 cm³/mol. The molecular weight excluding hydrogens is 162 g/mol. The van der Waals surface area contributed by atoms with Crippen molar-refractivity contribution in [2.24, 2.45) is 11.3 Å². The average Bonchev–Trinajstić information content (AvgIpc) is 2.53. The van der Waals surface area contributed by atoms with Gasteiger partial charge in [0.25, 0.3) is 0 Å². The summed E-state index contributed by atoms with van der Waals surface area (Å²) in [5.41, 5.74) is 0.474. The van der Waals surface area contributed by atoms with Gasteiger partial charge >= 0.3 is 0 Å². The highest BCUT2D eigenvalue weighted by molar-refractivity contribution is 4.89. The van der Waals surface area contributed by atoms with Crippen molar-refractivity contribution in [3.8, 4) is 0 Å². The van der Waals surface area contributed by atoms with E-state index in [0.29, 0.717) is 11.3 Å². The molecule has 1 aliphatic heterocycles. The molecule has 1 unspecified atom stereocenters. The van der Waals surface area contributed by atoms with Gasteiger partial charge in [0.1, 0.15) is 0 Å². The summed E-state index contributed by atoms with van der Waals surface area (Å²) < 4.78 is 0. The van der Waals surface area contributed by atoms with Gasteiger partial charge in [-0.1, -0.05) is 13.3 Å². The van der Waals surface area contributed by atoms with Crippen molar-refractivity contribution < 1.29 is 5.11 Å². The SMILES string of the molecule is CC1(CC(O)[C@H]2CCNC2)CCC1. The summed E-state index contributed by atoms with van der Waals surface area (Å²) >= 11 is 0. The van der Waals surface area contributed by atoms with Crippen molar-refractivity contribution in [2.45, 2.75) is 45.1 Å². The van der Waals surface area contributed by atoms with Gasteiger partial charge in [-0.25, -0.2) is 0 Å². The van der Waals surface area contributed by atoms with Gasteiger partial charge in [-0.3, -0.25) is 0 Å². The average molecular weight is 183 g/mol. The van der Waals surface area contributed by atoms with Gasteiger partial charge in [0, 0.05) is 6.54 Å². The molecule has 0 bridgehead atoms. The number of hydrogen-bond donors (Lipinski definition) is 2. The lowest BCUT2D eigenvalue weighted by atomic mass is 9.66. The maximum atomic E-state index is 10.0. The van der Waals surface area contributed by atoms with Crippen LogP contribution in [0, 0.1) is 11.3 Å². The first kappa shape index (κ1) is 9.47. The van der Waals surface area contributed by atoms with Crippen LogP contribution in [0.15, 0.2) is 0 Å². The molecule has 0 aromatic rings. The lowest BCUT2D eigenvalue weighted by molar-refractivity contribution is 0.0261. The monoisotopic (exact) mass is 183 g/mol. The molecule has 2 fully saturated rings. The second kappa shape index (κ2) is 3.58. The van der Waals surface area contributed by atoms with Gasteiger partial charge in [-0.15, -0.1) is 0 Å². The van der Waals surface area contributed by atoms with Crippen LogP contribution in [-0.2, 0) is 0 Å². The molecule has 0 spiro atoms. The minimum atomic E-state index is -0.0553. The first-order valence-corrected chi connectivity index (χ1v) is 5.58.